The van der Waals surface area contributed by atoms with Gasteiger partial charge in [-0.1, -0.05) is 6.42 Å². The van der Waals surface area contributed by atoms with Gasteiger partial charge in [0.25, 0.3) is 0 Å². The molecule has 1 amide bonds. The zero-order valence-corrected chi connectivity index (χ0v) is 23.3. The maximum Gasteiger partial charge on any atom is 0.387 e. The summed E-state index contributed by atoms with van der Waals surface area (Å²) in [5.74, 6) is 0.277. The average molecular weight is 559 g/mol. The Morgan fingerprint density at radius 1 is 1.10 bits per heavy atom. The first kappa shape index (κ1) is 28.3. The van der Waals surface area contributed by atoms with E-state index in [9.17, 15) is 13.6 Å². The van der Waals surface area contributed by atoms with Crippen LogP contribution < -0.4 is 26.0 Å². The van der Waals surface area contributed by atoms with Gasteiger partial charge < -0.3 is 30.9 Å². The van der Waals surface area contributed by atoms with Crippen LogP contribution >= 0.6 is 0 Å². The monoisotopic (exact) mass is 558 g/mol. The van der Waals surface area contributed by atoms with Crippen molar-refractivity contribution in [2.45, 2.75) is 57.7 Å². The molecule has 3 aliphatic rings. The lowest BCUT2D eigenvalue weighted by Crippen LogP contribution is -2.52. The molecular weight excluding hydrogens is 518 g/mol. The third-order valence-electron chi connectivity index (χ3n) is 8.49. The van der Waals surface area contributed by atoms with E-state index in [1.807, 2.05) is 13.0 Å². The molecule has 218 valence electrons. The number of piperazine rings is 1. The summed E-state index contributed by atoms with van der Waals surface area (Å²) in [6.45, 7) is 5.01. The smallest absolute Gasteiger partial charge is 0.387 e. The molecule has 1 aromatic carbocycles. The highest BCUT2D eigenvalue weighted by Gasteiger charge is 2.32. The molecule has 3 fully saturated rings. The number of rotatable bonds is 9. The molecule has 0 bridgehead atoms. The van der Waals surface area contributed by atoms with Crippen molar-refractivity contribution in [1.82, 2.24) is 19.8 Å². The number of benzene rings is 1. The topological polar surface area (TPSA) is 112 Å². The second-order valence-corrected chi connectivity index (χ2v) is 11.2. The molecule has 0 unspecified atom stereocenters. The Hall–Kier alpha value is -3.25. The molecule has 10 nitrogen and oxygen atoms in total. The quantitative estimate of drug-likeness (QED) is 0.426. The number of alkyl halides is 2. The largest absolute Gasteiger partial charge is 0.433 e. The van der Waals surface area contributed by atoms with Gasteiger partial charge in [0.2, 0.25) is 11.9 Å². The molecule has 1 saturated carbocycles. The Morgan fingerprint density at radius 2 is 1.85 bits per heavy atom. The van der Waals surface area contributed by atoms with E-state index in [1.165, 1.54) is 0 Å². The lowest BCUT2D eigenvalue weighted by molar-refractivity contribution is -0.121. The minimum absolute atomic E-state index is 0.0389. The summed E-state index contributed by atoms with van der Waals surface area (Å²) in [5, 5.41) is 6.39. The number of hydrogen-bond donors (Lipinski definition) is 3. The Morgan fingerprint density at radius 3 is 2.55 bits per heavy atom. The third kappa shape index (κ3) is 6.72. The van der Waals surface area contributed by atoms with E-state index < -0.39 is 6.61 Å². The number of carbonyl (C=O) groups is 1. The van der Waals surface area contributed by atoms with Crippen molar-refractivity contribution in [3.05, 3.63) is 30.0 Å². The number of primary amides is 1. The molecule has 1 aromatic heterocycles. The molecule has 2 aliphatic heterocycles. The molecule has 2 atom stereocenters. The Labute approximate surface area is 234 Å². The van der Waals surface area contributed by atoms with Gasteiger partial charge in [-0.3, -0.25) is 9.69 Å². The van der Waals surface area contributed by atoms with Crippen LogP contribution in [0.4, 0.5) is 31.9 Å². The molecule has 0 radical (unpaired) electrons. The van der Waals surface area contributed by atoms with Crippen molar-refractivity contribution in [3.8, 4) is 5.75 Å². The minimum atomic E-state index is -2.97. The van der Waals surface area contributed by atoms with Crippen molar-refractivity contribution in [3.63, 3.8) is 0 Å². The first-order chi connectivity index (χ1) is 19.3. The third-order valence-corrected chi connectivity index (χ3v) is 8.49. The summed E-state index contributed by atoms with van der Waals surface area (Å²) >= 11 is 0. The van der Waals surface area contributed by atoms with E-state index in [2.05, 4.69) is 42.3 Å². The molecule has 2 aromatic rings. The highest BCUT2D eigenvalue weighted by molar-refractivity contribution is 5.78. The standard InChI is InChI=1S/C28H40F2N8O2/c1-18-17-32-28(35-26(18)33-22-5-3-4-21(22)25(31)39)34-23-7-6-20(16-24(23)40-27(29)30)37-10-8-19(9-11-37)38-14-12-36(2)13-15-38/h6-7,16-17,19,21-22,27H,3-5,8-15H2,1-2H3,(H2,31,39)(H2,32,33,34,35)/t21-,22+/m0/s1. The van der Waals surface area contributed by atoms with Crippen LogP contribution in [0.25, 0.3) is 0 Å². The molecular formula is C28H40F2N8O2. The number of anilines is 4. The van der Waals surface area contributed by atoms with E-state index in [0.717, 1.165) is 82.6 Å². The van der Waals surface area contributed by atoms with Crippen LogP contribution in [0, 0.1) is 12.8 Å². The summed E-state index contributed by atoms with van der Waals surface area (Å²) in [6.07, 6.45) is 6.21. The van der Waals surface area contributed by atoms with Crippen LogP contribution in [0.1, 0.15) is 37.7 Å². The molecule has 40 heavy (non-hydrogen) atoms. The molecule has 12 heteroatoms. The molecule has 0 spiro atoms. The van der Waals surface area contributed by atoms with Crippen LogP contribution in [0.5, 0.6) is 5.75 Å². The van der Waals surface area contributed by atoms with Crippen molar-refractivity contribution >= 4 is 29.0 Å². The van der Waals surface area contributed by atoms with Gasteiger partial charge in [0.15, 0.2) is 5.75 Å². The van der Waals surface area contributed by atoms with E-state index >= 15 is 0 Å². The van der Waals surface area contributed by atoms with Gasteiger partial charge in [0.05, 0.1) is 11.6 Å². The highest BCUT2D eigenvalue weighted by Crippen LogP contribution is 2.35. The Kier molecular flexibility index (Phi) is 8.84. The number of nitrogens with zero attached hydrogens (tertiary/aromatic N) is 5. The molecule has 5 rings (SSSR count). The number of piperidine rings is 1. The number of halogens is 2. The fourth-order valence-corrected chi connectivity index (χ4v) is 6.10. The van der Waals surface area contributed by atoms with Crippen LogP contribution in [-0.2, 0) is 4.79 Å². The zero-order chi connectivity index (χ0) is 28.2. The van der Waals surface area contributed by atoms with Crippen LogP contribution in [0.15, 0.2) is 24.4 Å². The summed E-state index contributed by atoms with van der Waals surface area (Å²) < 4.78 is 31.7. The second-order valence-electron chi connectivity index (χ2n) is 11.2. The van der Waals surface area contributed by atoms with Crippen molar-refractivity contribution in [2.24, 2.45) is 11.7 Å². The van der Waals surface area contributed by atoms with Gasteiger partial charge >= 0.3 is 6.61 Å². The Bertz CT molecular complexity index is 1170. The van der Waals surface area contributed by atoms with Crippen LogP contribution in [-0.4, -0.2) is 90.7 Å². The number of carbonyl (C=O) groups excluding carboxylic acids is 1. The maximum atomic E-state index is 13.4. The van der Waals surface area contributed by atoms with Crippen LogP contribution in [0.2, 0.25) is 0 Å². The molecule has 2 saturated heterocycles. The van der Waals surface area contributed by atoms with E-state index in [-0.39, 0.29) is 29.6 Å². The summed E-state index contributed by atoms with van der Waals surface area (Å²) in [7, 11) is 2.16. The van der Waals surface area contributed by atoms with Gasteiger partial charge in [0.1, 0.15) is 5.82 Å². The predicted octanol–water partition coefficient (Wildman–Crippen LogP) is 3.41. The fraction of sp³-hybridized carbons (Fsp3) is 0.607. The number of aromatic nitrogens is 2. The molecule has 3 heterocycles. The number of amides is 1. The van der Waals surface area contributed by atoms with Crippen molar-refractivity contribution in [1.29, 1.82) is 0 Å². The molecule has 1 aliphatic carbocycles. The first-order valence-electron chi connectivity index (χ1n) is 14.2. The fourth-order valence-electron chi connectivity index (χ4n) is 6.10. The van der Waals surface area contributed by atoms with E-state index in [1.54, 1.807) is 18.3 Å². The summed E-state index contributed by atoms with van der Waals surface area (Å²) in [4.78, 5) is 27.9. The molecule has 4 N–H and O–H groups in total. The lowest BCUT2D eigenvalue weighted by Gasteiger charge is -2.42. The normalized spacial score (nSPS) is 23.0. The van der Waals surface area contributed by atoms with Gasteiger partial charge in [-0.2, -0.15) is 13.8 Å². The van der Waals surface area contributed by atoms with Crippen molar-refractivity contribution in [2.75, 3.05) is 61.8 Å². The number of hydrogen-bond acceptors (Lipinski definition) is 9. The minimum Gasteiger partial charge on any atom is -0.433 e. The van der Waals surface area contributed by atoms with Crippen LogP contribution in [0.3, 0.4) is 0 Å². The number of likely N-dealkylation sites (N-methyl/N-ethyl adjacent to an activating group) is 1. The van der Waals surface area contributed by atoms with Gasteiger partial charge in [0, 0.05) is 74.9 Å². The van der Waals surface area contributed by atoms with Gasteiger partial charge in [-0.25, -0.2) is 4.98 Å². The highest BCUT2D eigenvalue weighted by atomic mass is 19.3. The predicted molar refractivity (Wildman–Crippen MR) is 151 cm³/mol. The maximum absolute atomic E-state index is 13.4. The van der Waals surface area contributed by atoms with Gasteiger partial charge in [-0.15, -0.1) is 0 Å². The Balaban J connectivity index is 1.27. The van der Waals surface area contributed by atoms with E-state index in [4.69, 9.17) is 10.5 Å². The summed E-state index contributed by atoms with van der Waals surface area (Å²) in [5.41, 5.74) is 7.58. The van der Waals surface area contributed by atoms with Gasteiger partial charge in [-0.05, 0) is 51.8 Å². The number of nitrogens with one attached hydrogen (secondary N) is 2. The SMILES string of the molecule is Cc1cnc(Nc2ccc(N3CCC(N4CCN(C)CC4)CC3)cc2OC(F)F)nc1N[C@@H]1CCC[C@@H]1C(N)=O. The first-order valence-corrected chi connectivity index (χ1v) is 14.2. The average Bonchev–Trinajstić information content (AvgIpc) is 3.40. The second kappa shape index (κ2) is 12.5. The number of aryl methyl sites for hydroxylation is 1. The zero-order valence-electron chi connectivity index (χ0n) is 23.3. The van der Waals surface area contributed by atoms with Crippen molar-refractivity contribution < 1.29 is 18.3 Å². The number of nitrogens with two attached hydrogens (primary N) is 1. The summed E-state index contributed by atoms with van der Waals surface area (Å²) in [6, 6.07) is 5.77. The van der Waals surface area contributed by atoms with E-state index in [0.29, 0.717) is 17.5 Å². The number of ether oxygens (including phenoxy) is 1. The lowest BCUT2D eigenvalue weighted by atomic mass is 10.0.